The van der Waals surface area contributed by atoms with E-state index in [9.17, 15) is 9.59 Å². The average molecular weight is 360 g/mol. The van der Waals surface area contributed by atoms with E-state index in [-0.39, 0.29) is 11.1 Å². The van der Waals surface area contributed by atoms with Gasteiger partial charge in [-0.15, -0.1) is 0 Å². The molecule has 0 aromatic carbocycles. The van der Waals surface area contributed by atoms with Gasteiger partial charge in [0.15, 0.2) is 8.32 Å². The molecule has 1 rings (SSSR count). The van der Waals surface area contributed by atoms with Crippen LogP contribution < -0.4 is 5.32 Å². The Balaban J connectivity index is 2.52. The number of carbonyl (C=O) groups is 2. The first-order valence-corrected chi connectivity index (χ1v) is 11.6. The molecule has 140 valence electrons. The van der Waals surface area contributed by atoms with Gasteiger partial charge in [0.25, 0.3) is 0 Å². The van der Waals surface area contributed by atoms with Gasteiger partial charge in [0.1, 0.15) is 6.04 Å². The summed E-state index contributed by atoms with van der Waals surface area (Å²) in [6, 6.07) is -0.782. The number of methoxy groups -OCH3 is 1. The van der Waals surface area contributed by atoms with Crippen LogP contribution in [0.1, 0.15) is 52.9 Å². The number of carboxylic acid groups (broad SMARTS) is 1. The fraction of sp³-hybridized carbons (Fsp3) is 0.882. The summed E-state index contributed by atoms with van der Waals surface area (Å²) in [4.78, 5) is 22.6. The van der Waals surface area contributed by atoms with E-state index in [1.807, 2.05) is 0 Å². The van der Waals surface area contributed by atoms with Gasteiger partial charge in [-0.1, -0.05) is 20.8 Å². The van der Waals surface area contributed by atoms with Crippen molar-refractivity contribution in [3.05, 3.63) is 0 Å². The zero-order chi connectivity index (χ0) is 18.5. The number of hydrogen-bond acceptors (Lipinski definition) is 4. The van der Waals surface area contributed by atoms with E-state index in [0.29, 0.717) is 12.3 Å². The molecule has 1 aliphatic carbocycles. The fourth-order valence-electron chi connectivity index (χ4n) is 2.92. The van der Waals surface area contributed by atoms with Gasteiger partial charge in [0, 0.05) is 6.10 Å². The Bertz CT molecular complexity index is 439. The Morgan fingerprint density at radius 2 is 1.75 bits per heavy atom. The van der Waals surface area contributed by atoms with Crippen LogP contribution >= 0.6 is 0 Å². The SMILES string of the molecule is COC(=O)C(CC1CCC(O[Si](C)(C)C(C)(C)C)CC1)NC(=O)O. The molecule has 7 heteroatoms. The van der Waals surface area contributed by atoms with E-state index in [1.165, 1.54) is 7.11 Å². The van der Waals surface area contributed by atoms with Gasteiger partial charge < -0.3 is 19.6 Å². The minimum atomic E-state index is -1.76. The minimum absolute atomic E-state index is 0.200. The molecular weight excluding hydrogens is 326 g/mol. The summed E-state index contributed by atoms with van der Waals surface area (Å²) in [7, 11) is -0.475. The minimum Gasteiger partial charge on any atom is -0.467 e. The number of hydrogen-bond donors (Lipinski definition) is 2. The van der Waals surface area contributed by atoms with Crippen molar-refractivity contribution < 1.29 is 23.9 Å². The third-order valence-corrected chi connectivity index (χ3v) is 9.95. The number of ether oxygens (including phenoxy) is 1. The van der Waals surface area contributed by atoms with Gasteiger partial charge >= 0.3 is 12.1 Å². The zero-order valence-electron chi connectivity index (χ0n) is 15.8. The van der Waals surface area contributed by atoms with Gasteiger partial charge in [-0.25, -0.2) is 9.59 Å². The predicted octanol–water partition coefficient (Wildman–Crippen LogP) is 3.77. The molecule has 0 aliphatic heterocycles. The van der Waals surface area contributed by atoms with Crippen molar-refractivity contribution in [2.24, 2.45) is 5.92 Å². The highest BCUT2D eigenvalue weighted by molar-refractivity contribution is 6.74. The molecule has 1 saturated carbocycles. The maximum Gasteiger partial charge on any atom is 0.405 e. The molecule has 0 spiro atoms. The number of esters is 1. The van der Waals surface area contributed by atoms with Crippen LogP contribution in [-0.4, -0.2) is 44.7 Å². The Kier molecular flexibility index (Phi) is 7.28. The summed E-state index contributed by atoms with van der Waals surface area (Å²) in [6.07, 6.45) is 3.43. The molecule has 0 saturated heterocycles. The second-order valence-electron chi connectivity index (χ2n) is 8.28. The van der Waals surface area contributed by atoms with Crippen LogP contribution in [0.25, 0.3) is 0 Å². The highest BCUT2D eigenvalue weighted by Gasteiger charge is 2.40. The summed E-state index contributed by atoms with van der Waals surface area (Å²) in [5.41, 5.74) is 0. The van der Waals surface area contributed by atoms with Crippen LogP contribution in [0.4, 0.5) is 4.79 Å². The Labute approximate surface area is 146 Å². The van der Waals surface area contributed by atoms with Crippen molar-refractivity contribution in [2.75, 3.05) is 7.11 Å². The molecule has 0 radical (unpaired) electrons. The lowest BCUT2D eigenvalue weighted by Crippen LogP contribution is -2.45. The van der Waals surface area contributed by atoms with Crippen LogP contribution in [0.15, 0.2) is 0 Å². The number of amides is 1. The second-order valence-corrected chi connectivity index (χ2v) is 13.0. The van der Waals surface area contributed by atoms with Crippen molar-refractivity contribution in [1.29, 1.82) is 0 Å². The van der Waals surface area contributed by atoms with Gasteiger partial charge in [-0.05, 0) is 56.2 Å². The third kappa shape index (κ3) is 6.09. The monoisotopic (exact) mass is 359 g/mol. The molecule has 2 N–H and O–H groups in total. The summed E-state index contributed by atoms with van der Waals surface area (Å²) in [5.74, 6) is -0.197. The van der Waals surface area contributed by atoms with E-state index in [4.69, 9.17) is 14.3 Å². The molecule has 0 aromatic heterocycles. The lowest BCUT2D eigenvalue weighted by Gasteiger charge is -2.41. The topological polar surface area (TPSA) is 84.9 Å². The maximum absolute atomic E-state index is 11.7. The standard InChI is InChI=1S/C17H33NO5Si/c1-17(2,3)24(5,6)23-13-9-7-12(8-10-13)11-14(15(19)22-4)18-16(20)21/h12-14,18H,7-11H2,1-6H3,(H,20,21). The fourth-order valence-corrected chi connectivity index (χ4v) is 4.34. The smallest absolute Gasteiger partial charge is 0.405 e. The normalized spacial score (nSPS) is 23.4. The molecule has 0 bridgehead atoms. The highest BCUT2D eigenvalue weighted by atomic mass is 28.4. The molecular formula is C17H33NO5Si. The Morgan fingerprint density at radius 1 is 1.21 bits per heavy atom. The van der Waals surface area contributed by atoms with E-state index in [0.717, 1.165) is 25.7 Å². The van der Waals surface area contributed by atoms with Crippen LogP contribution in [0.2, 0.25) is 18.1 Å². The molecule has 24 heavy (non-hydrogen) atoms. The molecule has 1 atom stereocenters. The van der Waals surface area contributed by atoms with Gasteiger partial charge in [0.05, 0.1) is 7.11 Å². The van der Waals surface area contributed by atoms with E-state index < -0.39 is 26.4 Å². The summed E-state index contributed by atoms with van der Waals surface area (Å²) in [6.45, 7) is 11.3. The number of carbonyl (C=O) groups excluding carboxylic acids is 1. The van der Waals surface area contributed by atoms with Crippen LogP contribution in [0, 0.1) is 5.92 Å². The van der Waals surface area contributed by atoms with Crippen LogP contribution in [0.5, 0.6) is 0 Å². The van der Waals surface area contributed by atoms with E-state index >= 15 is 0 Å². The summed E-state index contributed by atoms with van der Waals surface area (Å²) < 4.78 is 11.2. The Hall–Kier alpha value is -1.08. The van der Waals surface area contributed by atoms with Crippen LogP contribution in [0.3, 0.4) is 0 Å². The van der Waals surface area contributed by atoms with Crippen molar-refractivity contribution in [1.82, 2.24) is 5.32 Å². The lowest BCUT2D eigenvalue weighted by molar-refractivity contribution is -0.143. The first kappa shape index (κ1) is 21.0. The van der Waals surface area contributed by atoms with E-state index in [2.05, 4.69) is 39.2 Å². The van der Waals surface area contributed by atoms with Crippen molar-refractivity contribution >= 4 is 20.4 Å². The first-order valence-electron chi connectivity index (χ1n) is 8.71. The predicted molar refractivity (Wildman–Crippen MR) is 95.6 cm³/mol. The molecule has 1 amide bonds. The van der Waals surface area contributed by atoms with Gasteiger partial charge in [-0.2, -0.15) is 0 Å². The lowest BCUT2D eigenvalue weighted by atomic mass is 9.83. The zero-order valence-corrected chi connectivity index (χ0v) is 16.8. The third-order valence-electron chi connectivity index (χ3n) is 5.41. The molecule has 0 heterocycles. The van der Waals surface area contributed by atoms with Gasteiger partial charge in [-0.3, -0.25) is 0 Å². The van der Waals surface area contributed by atoms with Crippen molar-refractivity contribution in [3.8, 4) is 0 Å². The Morgan fingerprint density at radius 3 is 2.17 bits per heavy atom. The molecule has 6 nitrogen and oxygen atoms in total. The molecule has 1 unspecified atom stereocenters. The summed E-state index contributed by atoms with van der Waals surface area (Å²) >= 11 is 0. The maximum atomic E-state index is 11.7. The number of rotatable bonds is 6. The average Bonchev–Trinajstić information content (AvgIpc) is 2.45. The summed E-state index contributed by atoms with van der Waals surface area (Å²) in [5, 5.41) is 11.3. The molecule has 1 fully saturated rings. The van der Waals surface area contributed by atoms with Gasteiger partial charge in [0.2, 0.25) is 0 Å². The molecule has 1 aliphatic rings. The second kappa shape index (κ2) is 8.34. The first-order chi connectivity index (χ1) is 11.0. The van der Waals surface area contributed by atoms with Crippen LogP contribution in [-0.2, 0) is 14.0 Å². The van der Waals surface area contributed by atoms with Crippen molar-refractivity contribution in [3.63, 3.8) is 0 Å². The van der Waals surface area contributed by atoms with Crippen molar-refractivity contribution in [2.45, 2.75) is 83.2 Å². The highest BCUT2D eigenvalue weighted by Crippen LogP contribution is 2.40. The van der Waals surface area contributed by atoms with E-state index in [1.54, 1.807) is 0 Å². The largest absolute Gasteiger partial charge is 0.467 e. The quantitative estimate of drug-likeness (QED) is 0.557. The molecule has 0 aromatic rings. The number of nitrogens with one attached hydrogen (secondary N) is 1.